The predicted molar refractivity (Wildman–Crippen MR) is 90.4 cm³/mol. The highest BCUT2D eigenvalue weighted by atomic mass is 19.4. The molecule has 2 saturated carbocycles. The minimum Gasteiger partial charge on any atom is -0.444 e. The Morgan fingerprint density at radius 2 is 1.60 bits per heavy atom. The highest BCUT2D eigenvalue weighted by Crippen LogP contribution is 2.38. The Morgan fingerprint density at radius 1 is 0.960 bits per heavy atom. The first-order chi connectivity index (χ1) is 11.5. The third-order valence-electron chi connectivity index (χ3n) is 5.03. The predicted octanol–water partition coefficient (Wildman–Crippen LogP) is 4.53. The number of ether oxygens (including phenoxy) is 1. The van der Waals surface area contributed by atoms with Crippen LogP contribution in [-0.2, 0) is 4.74 Å². The molecule has 2 N–H and O–H groups in total. The van der Waals surface area contributed by atoms with Crippen LogP contribution in [0.2, 0.25) is 0 Å². The molecule has 25 heavy (non-hydrogen) atoms. The molecular weight excluding hydrogens is 333 g/mol. The highest BCUT2D eigenvalue weighted by Gasteiger charge is 2.46. The Kier molecular flexibility index (Phi) is 6.62. The Balaban J connectivity index is 1.87. The van der Waals surface area contributed by atoms with Crippen LogP contribution in [0.25, 0.3) is 0 Å². The maximum Gasteiger partial charge on any atom is 0.407 e. The van der Waals surface area contributed by atoms with Crippen LogP contribution in [0, 0.1) is 5.92 Å². The van der Waals surface area contributed by atoms with E-state index in [9.17, 15) is 18.0 Å². The number of rotatable bonds is 3. The van der Waals surface area contributed by atoms with Crippen molar-refractivity contribution in [2.45, 2.75) is 102 Å². The summed E-state index contributed by atoms with van der Waals surface area (Å²) >= 11 is 0. The zero-order valence-corrected chi connectivity index (χ0v) is 15.4. The van der Waals surface area contributed by atoms with Gasteiger partial charge in [-0.15, -0.1) is 0 Å². The summed E-state index contributed by atoms with van der Waals surface area (Å²) in [7, 11) is 0. The minimum atomic E-state index is -4.14. The zero-order valence-electron chi connectivity index (χ0n) is 15.4. The van der Waals surface area contributed by atoms with Crippen molar-refractivity contribution in [3.8, 4) is 0 Å². The fourth-order valence-corrected chi connectivity index (χ4v) is 3.97. The van der Waals surface area contributed by atoms with E-state index in [4.69, 9.17) is 4.74 Å². The number of carbonyl (C=O) groups is 1. The molecule has 4 nitrogen and oxygen atoms in total. The number of halogens is 3. The van der Waals surface area contributed by atoms with Crippen molar-refractivity contribution < 1.29 is 22.7 Å². The molecule has 0 bridgehead atoms. The second-order valence-corrected chi connectivity index (χ2v) is 8.41. The van der Waals surface area contributed by atoms with Crippen molar-refractivity contribution in [1.82, 2.24) is 10.6 Å². The van der Waals surface area contributed by atoms with Gasteiger partial charge in [-0.1, -0.05) is 12.8 Å². The van der Waals surface area contributed by atoms with Gasteiger partial charge in [-0.05, 0) is 59.3 Å². The Bertz CT molecular complexity index is 449. The fraction of sp³-hybridized carbons (Fsp3) is 0.944. The van der Waals surface area contributed by atoms with E-state index < -0.39 is 29.8 Å². The summed E-state index contributed by atoms with van der Waals surface area (Å²) in [5, 5.41) is 6.11. The molecule has 0 saturated heterocycles. The number of carbonyl (C=O) groups excluding carboxylic acids is 1. The Morgan fingerprint density at radius 3 is 2.24 bits per heavy atom. The van der Waals surface area contributed by atoms with Crippen LogP contribution in [0.3, 0.4) is 0 Å². The molecule has 0 radical (unpaired) electrons. The fourth-order valence-electron chi connectivity index (χ4n) is 3.97. The monoisotopic (exact) mass is 364 g/mol. The number of hydrogen-bond acceptors (Lipinski definition) is 3. The molecule has 0 aromatic carbocycles. The first-order valence-electron chi connectivity index (χ1n) is 9.37. The number of amides is 1. The number of alkyl halides is 3. The summed E-state index contributed by atoms with van der Waals surface area (Å²) in [4.78, 5) is 11.9. The van der Waals surface area contributed by atoms with Crippen molar-refractivity contribution >= 4 is 6.09 Å². The quantitative estimate of drug-likeness (QED) is 0.773. The third-order valence-corrected chi connectivity index (χ3v) is 5.03. The standard InChI is InChI=1S/C18H31F3N2O2/c1-17(2,3)25-16(24)23-13-8-6-7-12(11-13)22-15-10-5-4-9-14(15)18(19,20)21/h12-15,22H,4-11H2,1-3H3,(H,23,24). The third kappa shape index (κ3) is 6.68. The number of alkyl carbamates (subject to hydrolysis) is 1. The van der Waals surface area contributed by atoms with Gasteiger partial charge >= 0.3 is 12.3 Å². The van der Waals surface area contributed by atoms with E-state index in [2.05, 4.69) is 10.6 Å². The molecule has 2 rings (SSSR count). The van der Waals surface area contributed by atoms with Crippen LogP contribution in [-0.4, -0.2) is 36.0 Å². The van der Waals surface area contributed by atoms with Crippen LogP contribution in [0.4, 0.5) is 18.0 Å². The first-order valence-corrected chi connectivity index (χ1v) is 9.37. The van der Waals surface area contributed by atoms with E-state index in [1.807, 2.05) is 0 Å². The van der Waals surface area contributed by atoms with E-state index in [-0.39, 0.29) is 18.5 Å². The van der Waals surface area contributed by atoms with Gasteiger partial charge in [0.15, 0.2) is 0 Å². The summed E-state index contributed by atoms with van der Waals surface area (Å²) < 4.78 is 45.0. The molecule has 0 heterocycles. The van der Waals surface area contributed by atoms with Crippen molar-refractivity contribution in [2.75, 3.05) is 0 Å². The number of hydrogen-bond donors (Lipinski definition) is 2. The van der Waals surface area contributed by atoms with E-state index in [0.29, 0.717) is 19.3 Å². The molecule has 0 spiro atoms. The topological polar surface area (TPSA) is 50.4 Å². The Labute approximate surface area is 148 Å². The molecular formula is C18H31F3N2O2. The maximum atomic E-state index is 13.2. The molecule has 1 amide bonds. The van der Waals surface area contributed by atoms with Crippen molar-refractivity contribution in [1.29, 1.82) is 0 Å². The summed E-state index contributed by atoms with van der Waals surface area (Å²) in [6.07, 6.45) is 0.926. The lowest BCUT2D eigenvalue weighted by molar-refractivity contribution is -0.189. The lowest BCUT2D eigenvalue weighted by Crippen LogP contribution is -2.52. The largest absolute Gasteiger partial charge is 0.444 e. The van der Waals surface area contributed by atoms with Crippen LogP contribution < -0.4 is 10.6 Å². The summed E-state index contributed by atoms with van der Waals surface area (Å²) in [6.45, 7) is 5.41. The number of nitrogens with one attached hydrogen (secondary N) is 2. The molecule has 2 aliphatic rings. The van der Waals surface area contributed by atoms with Gasteiger partial charge in [0.2, 0.25) is 0 Å². The molecule has 0 aromatic rings. The molecule has 0 aromatic heterocycles. The van der Waals surface area contributed by atoms with Crippen LogP contribution in [0.15, 0.2) is 0 Å². The van der Waals surface area contributed by atoms with Gasteiger partial charge in [-0.3, -0.25) is 0 Å². The van der Waals surface area contributed by atoms with Gasteiger partial charge < -0.3 is 15.4 Å². The van der Waals surface area contributed by atoms with Gasteiger partial charge in [0.05, 0.1) is 5.92 Å². The molecule has 0 aliphatic heterocycles. The van der Waals surface area contributed by atoms with Crippen molar-refractivity contribution in [3.05, 3.63) is 0 Å². The second-order valence-electron chi connectivity index (χ2n) is 8.41. The highest BCUT2D eigenvalue weighted by molar-refractivity contribution is 5.68. The van der Waals surface area contributed by atoms with Crippen molar-refractivity contribution in [2.24, 2.45) is 5.92 Å². The average molecular weight is 364 g/mol. The van der Waals surface area contributed by atoms with Crippen molar-refractivity contribution in [3.63, 3.8) is 0 Å². The molecule has 146 valence electrons. The zero-order chi connectivity index (χ0) is 18.7. The van der Waals surface area contributed by atoms with Crippen LogP contribution in [0.1, 0.15) is 72.1 Å². The van der Waals surface area contributed by atoms with Gasteiger partial charge in [0.25, 0.3) is 0 Å². The summed E-state index contributed by atoms with van der Waals surface area (Å²) in [5.41, 5.74) is -0.557. The van der Waals surface area contributed by atoms with Gasteiger partial charge in [0.1, 0.15) is 5.60 Å². The van der Waals surface area contributed by atoms with Gasteiger partial charge in [-0.25, -0.2) is 4.79 Å². The SMILES string of the molecule is CC(C)(C)OC(=O)NC1CCCC(NC2CCCCC2C(F)(F)F)C1. The molecule has 7 heteroatoms. The summed E-state index contributed by atoms with van der Waals surface area (Å²) in [5.74, 6) is -1.25. The first kappa shape index (κ1) is 20.3. The van der Waals surface area contributed by atoms with Crippen LogP contribution >= 0.6 is 0 Å². The van der Waals surface area contributed by atoms with Gasteiger partial charge in [-0.2, -0.15) is 13.2 Å². The minimum absolute atomic E-state index is 0.0154. The lowest BCUT2D eigenvalue weighted by Gasteiger charge is -2.38. The smallest absolute Gasteiger partial charge is 0.407 e. The molecule has 4 unspecified atom stereocenters. The van der Waals surface area contributed by atoms with E-state index in [1.54, 1.807) is 20.8 Å². The second kappa shape index (κ2) is 8.14. The molecule has 2 aliphatic carbocycles. The van der Waals surface area contributed by atoms with Crippen LogP contribution in [0.5, 0.6) is 0 Å². The average Bonchev–Trinajstić information content (AvgIpc) is 2.45. The maximum absolute atomic E-state index is 13.2. The van der Waals surface area contributed by atoms with Gasteiger partial charge in [0, 0.05) is 18.1 Å². The van der Waals surface area contributed by atoms with E-state index in [0.717, 1.165) is 25.7 Å². The van der Waals surface area contributed by atoms with E-state index >= 15 is 0 Å². The lowest BCUT2D eigenvalue weighted by atomic mass is 9.82. The van der Waals surface area contributed by atoms with E-state index in [1.165, 1.54) is 0 Å². The summed E-state index contributed by atoms with van der Waals surface area (Å²) in [6, 6.07) is -0.533. The molecule has 4 atom stereocenters. The Hall–Kier alpha value is -0.980. The molecule has 2 fully saturated rings. The normalized spacial score (nSPS) is 31.4.